The van der Waals surface area contributed by atoms with Crippen molar-refractivity contribution in [3.8, 4) is 0 Å². The van der Waals surface area contributed by atoms with Gasteiger partial charge in [0.15, 0.2) is 0 Å². The molecule has 1 N–H and O–H groups in total. The molecule has 1 saturated heterocycles. The zero-order valence-corrected chi connectivity index (χ0v) is 13.2. The SMILES string of the molecule is CCC1CCC(O)C(CN2CC(C)C(N(C)C)C2)C1. The van der Waals surface area contributed by atoms with Crippen LogP contribution >= 0.6 is 0 Å². The Balaban J connectivity index is 1.87. The van der Waals surface area contributed by atoms with Crippen molar-refractivity contribution in [2.75, 3.05) is 33.7 Å². The lowest BCUT2D eigenvalue weighted by atomic mass is 9.78. The van der Waals surface area contributed by atoms with Gasteiger partial charge < -0.3 is 14.9 Å². The molecule has 2 fully saturated rings. The summed E-state index contributed by atoms with van der Waals surface area (Å²) in [5, 5.41) is 10.2. The fourth-order valence-corrected chi connectivity index (χ4v) is 4.11. The zero-order valence-electron chi connectivity index (χ0n) is 13.2. The van der Waals surface area contributed by atoms with Crippen LogP contribution in [0.15, 0.2) is 0 Å². The smallest absolute Gasteiger partial charge is 0.0580 e. The van der Waals surface area contributed by atoms with Crippen molar-refractivity contribution >= 4 is 0 Å². The molecule has 0 aromatic carbocycles. The van der Waals surface area contributed by atoms with E-state index in [1.165, 1.54) is 32.4 Å². The molecule has 5 atom stereocenters. The molecular formula is C16H32N2O. The van der Waals surface area contributed by atoms with E-state index in [0.29, 0.717) is 12.0 Å². The maximum Gasteiger partial charge on any atom is 0.0580 e. The number of hydrogen-bond acceptors (Lipinski definition) is 3. The first-order valence-electron chi connectivity index (χ1n) is 8.08. The van der Waals surface area contributed by atoms with Crippen molar-refractivity contribution in [2.45, 2.75) is 51.7 Å². The predicted molar refractivity (Wildman–Crippen MR) is 80.2 cm³/mol. The highest BCUT2D eigenvalue weighted by atomic mass is 16.3. The van der Waals surface area contributed by atoms with E-state index in [4.69, 9.17) is 0 Å². The molecule has 0 spiro atoms. The van der Waals surface area contributed by atoms with Crippen LogP contribution in [0.5, 0.6) is 0 Å². The van der Waals surface area contributed by atoms with Gasteiger partial charge in [0.1, 0.15) is 0 Å². The zero-order chi connectivity index (χ0) is 14.0. The van der Waals surface area contributed by atoms with Gasteiger partial charge in [-0.25, -0.2) is 0 Å². The molecule has 0 aromatic heterocycles. The van der Waals surface area contributed by atoms with E-state index in [1.807, 2.05) is 0 Å². The third-order valence-electron chi connectivity index (χ3n) is 5.43. The molecule has 1 saturated carbocycles. The maximum absolute atomic E-state index is 10.2. The van der Waals surface area contributed by atoms with Crippen molar-refractivity contribution in [2.24, 2.45) is 17.8 Å². The highest BCUT2D eigenvalue weighted by Crippen LogP contribution is 2.33. The number of likely N-dealkylation sites (N-methyl/N-ethyl adjacent to an activating group) is 1. The summed E-state index contributed by atoms with van der Waals surface area (Å²) in [5.74, 6) is 2.10. The molecule has 3 nitrogen and oxygen atoms in total. The first-order chi connectivity index (χ1) is 9.01. The summed E-state index contributed by atoms with van der Waals surface area (Å²) in [6.07, 6.45) is 4.69. The van der Waals surface area contributed by atoms with Crippen molar-refractivity contribution in [1.82, 2.24) is 9.80 Å². The highest BCUT2D eigenvalue weighted by molar-refractivity contribution is 4.89. The van der Waals surface area contributed by atoms with Crippen molar-refractivity contribution < 1.29 is 5.11 Å². The minimum Gasteiger partial charge on any atom is -0.393 e. The summed E-state index contributed by atoms with van der Waals surface area (Å²) in [4.78, 5) is 4.94. The number of rotatable bonds is 4. The Kier molecular flexibility index (Phi) is 5.27. The number of likely N-dealkylation sites (tertiary alicyclic amines) is 1. The van der Waals surface area contributed by atoms with E-state index in [2.05, 4.69) is 37.7 Å². The van der Waals surface area contributed by atoms with Crippen LogP contribution in [0.25, 0.3) is 0 Å². The van der Waals surface area contributed by atoms with Crippen LogP contribution in [-0.2, 0) is 0 Å². The van der Waals surface area contributed by atoms with Gasteiger partial charge in [0.2, 0.25) is 0 Å². The number of aliphatic hydroxyl groups is 1. The van der Waals surface area contributed by atoms with Crippen LogP contribution in [0.1, 0.15) is 39.5 Å². The summed E-state index contributed by atoms with van der Waals surface area (Å²) in [5.41, 5.74) is 0. The van der Waals surface area contributed by atoms with E-state index < -0.39 is 0 Å². The summed E-state index contributed by atoms with van der Waals surface area (Å²) < 4.78 is 0. The monoisotopic (exact) mass is 268 g/mol. The second kappa shape index (κ2) is 6.55. The first kappa shape index (κ1) is 15.3. The van der Waals surface area contributed by atoms with Crippen LogP contribution in [-0.4, -0.2) is 60.8 Å². The van der Waals surface area contributed by atoms with Crippen molar-refractivity contribution in [3.63, 3.8) is 0 Å². The Morgan fingerprint density at radius 3 is 2.53 bits per heavy atom. The highest BCUT2D eigenvalue weighted by Gasteiger charge is 2.35. The molecule has 0 aromatic rings. The second-order valence-corrected chi connectivity index (χ2v) is 7.14. The van der Waals surface area contributed by atoms with E-state index in [9.17, 15) is 5.11 Å². The fraction of sp³-hybridized carbons (Fsp3) is 1.00. The average molecular weight is 268 g/mol. The molecule has 5 unspecified atom stereocenters. The molecule has 1 heterocycles. The van der Waals surface area contributed by atoms with Crippen LogP contribution in [0, 0.1) is 17.8 Å². The van der Waals surface area contributed by atoms with Crippen molar-refractivity contribution in [1.29, 1.82) is 0 Å². The Bertz CT molecular complexity index is 282. The number of aliphatic hydroxyl groups excluding tert-OH is 1. The van der Waals surface area contributed by atoms with E-state index in [1.54, 1.807) is 0 Å². The van der Waals surface area contributed by atoms with Gasteiger partial charge in [0.25, 0.3) is 0 Å². The third-order valence-corrected chi connectivity index (χ3v) is 5.43. The third kappa shape index (κ3) is 3.71. The molecular weight excluding hydrogens is 236 g/mol. The van der Waals surface area contributed by atoms with Crippen LogP contribution in [0.4, 0.5) is 0 Å². The van der Waals surface area contributed by atoms with Crippen LogP contribution in [0.2, 0.25) is 0 Å². The van der Waals surface area contributed by atoms with Gasteiger partial charge in [-0.05, 0) is 51.1 Å². The second-order valence-electron chi connectivity index (χ2n) is 7.14. The molecule has 3 heteroatoms. The Morgan fingerprint density at radius 2 is 1.95 bits per heavy atom. The standard InChI is InChI=1S/C16H32N2O/c1-5-13-6-7-16(19)14(8-13)10-18-9-12(2)15(11-18)17(3)4/h12-16,19H,5-11H2,1-4H3. The van der Waals surface area contributed by atoms with E-state index in [-0.39, 0.29) is 6.10 Å². The van der Waals surface area contributed by atoms with Gasteiger partial charge in [-0.3, -0.25) is 0 Å². The largest absolute Gasteiger partial charge is 0.393 e. The summed E-state index contributed by atoms with van der Waals surface area (Å²) >= 11 is 0. The van der Waals surface area contributed by atoms with Gasteiger partial charge in [-0.2, -0.15) is 0 Å². The lowest BCUT2D eigenvalue weighted by Crippen LogP contribution is -2.39. The van der Waals surface area contributed by atoms with Crippen LogP contribution in [0.3, 0.4) is 0 Å². The molecule has 0 amide bonds. The lowest BCUT2D eigenvalue weighted by molar-refractivity contribution is 0.0295. The average Bonchev–Trinajstić information content (AvgIpc) is 2.73. The Labute approximate surface area is 119 Å². The quantitative estimate of drug-likeness (QED) is 0.845. The molecule has 19 heavy (non-hydrogen) atoms. The minimum absolute atomic E-state index is 0.0588. The van der Waals surface area contributed by atoms with Crippen LogP contribution < -0.4 is 0 Å². The molecule has 2 rings (SSSR count). The fourth-order valence-electron chi connectivity index (χ4n) is 4.11. The minimum atomic E-state index is -0.0588. The molecule has 2 aliphatic rings. The van der Waals surface area contributed by atoms with E-state index in [0.717, 1.165) is 24.8 Å². The summed E-state index contributed by atoms with van der Waals surface area (Å²) in [7, 11) is 4.38. The van der Waals surface area contributed by atoms with Crippen molar-refractivity contribution in [3.05, 3.63) is 0 Å². The van der Waals surface area contributed by atoms with Gasteiger partial charge >= 0.3 is 0 Å². The van der Waals surface area contributed by atoms with Gasteiger partial charge in [0, 0.05) is 25.7 Å². The number of hydrogen-bond donors (Lipinski definition) is 1. The molecule has 112 valence electrons. The lowest BCUT2D eigenvalue weighted by Gasteiger charge is -2.35. The number of nitrogens with zero attached hydrogens (tertiary/aromatic N) is 2. The summed E-state index contributed by atoms with van der Waals surface area (Å²) in [6.45, 7) is 8.12. The predicted octanol–water partition coefficient (Wildman–Crippen LogP) is 2.06. The summed E-state index contributed by atoms with van der Waals surface area (Å²) in [6, 6.07) is 0.683. The van der Waals surface area contributed by atoms with Gasteiger partial charge in [-0.15, -0.1) is 0 Å². The maximum atomic E-state index is 10.2. The molecule has 0 bridgehead atoms. The first-order valence-corrected chi connectivity index (χ1v) is 8.08. The Hall–Kier alpha value is -0.120. The van der Waals surface area contributed by atoms with E-state index >= 15 is 0 Å². The normalized spacial score (nSPS) is 41.1. The van der Waals surface area contributed by atoms with Gasteiger partial charge in [0.05, 0.1) is 6.10 Å². The molecule has 0 radical (unpaired) electrons. The topological polar surface area (TPSA) is 26.7 Å². The van der Waals surface area contributed by atoms with Gasteiger partial charge in [-0.1, -0.05) is 20.3 Å². The molecule has 1 aliphatic carbocycles. The Morgan fingerprint density at radius 1 is 1.21 bits per heavy atom. The molecule has 1 aliphatic heterocycles.